The summed E-state index contributed by atoms with van der Waals surface area (Å²) in [5.41, 5.74) is 2.87. The topological polar surface area (TPSA) is 65.4 Å². The second kappa shape index (κ2) is 7.71. The number of nitrogens with one attached hydrogen (secondary N) is 1. The van der Waals surface area contributed by atoms with Crippen LogP contribution in [0.4, 0.5) is 11.4 Å². The maximum absolute atomic E-state index is 12.9. The number of fused-ring (bicyclic) bond motifs is 1. The average molecular weight is 335 g/mol. The standard InChI is InChI=1S/C20H21N3O2/c1-15(22-17-8-9-19-16(14-17)10-13-25-19)20(24)23(12-5-11-21)18-6-3-2-4-7-18/h2-4,6-9,14-15,22H,5,10,12-13H2,1H3. The Morgan fingerprint density at radius 3 is 2.88 bits per heavy atom. The van der Waals surface area contributed by atoms with Crippen LogP contribution in [0.25, 0.3) is 0 Å². The van der Waals surface area contributed by atoms with Gasteiger partial charge in [-0.15, -0.1) is 0 Å². The zero-order valence-electron chi connectivity index (χ0n) is 14.2. The predicted molar refractivity (Wildman–Crippen MR) is 97.8 cm³/mol. The first-order chi connectivity index (χ1) is 12.2. The van der Waals surface area contributed by atoms with Crippen molar-refractivity contribution in [2.75, 3.05) is 23.4 Å². The molecule has 128 valence electrons. The van der Waals surface area contributed by atoms with Gasteiger partial charge in [0.1, 0.15) is 11.8 Å². The molecular formula is C20H21N3O2. The summed E-state index contributed by atoms with van der Waals surface area (Å²) in [7, 11) is 0. The molecule has 1 N–H and O–H groups in total. The molecule has 1 atom stereocenters. The minimum Gasteiger partial charge on any atom is -0.493 e. The van der Waals surface area contributed by atoms with Gasteiger partial charge in [-0.25, -0.2) is 0 Å². The van der Waals surface area contributed by atoms with E-state index in [9.17, 15) is 4.79 Å². The van der Waals surface area contributed by atoms with Crippen molar-refractivity contribution < 1.29 is 9.53 Å². The lowest BCUT2D eigenvalue weighted by Gasteiger charge is -2.26. The van der Waals surface area contributed by atoms with E-state index in [1.807, 2.05) is 55.5 Å². The molecule has 5 nitrogen and oxygen atoms in total. The molecule has 0 aromatic heterocycles. The Kier molecular flexibility index (Phi) is 5.20. The minimum atomic E-state index is -0.403. The van der Waals surface area contributed by atoms with Gasteiger partial charge in [0.05, 0.1) is 19.1 Å². The van der Waals surface area contributed by atoms with Crippen LogP contribution in [0.3, 0.4) is 0 Å². The van der Waals surface area contributed by atoms with Crippen molar-refractivity contribution in [3.05, 3.63) is 54.1 Å². The van der Waals surface area contributed by atoms with Gasteiger partial charge in [-0.2, -0.15) is 5.26 Å². The second-order valence-electron chi connectivity index (χ2n) is 6.02. The molecule has 2 aromatic rings. The zero-order valence-corrected chi connectivity index (χ0v) is 14.2. The van der Waals surface area contributed by atoms with Crippen LogP contribution in [0.1, 0.15) is 18.9 Å². The lowest BCUT2D eigenvalue weighted by Crippen LogP contribution is -2.42. The molecule has 0 aliphatic carbocycles. The normalized spacial score (nSPS) is 13.3. The zero-order chi connectivity index (χ0) is 17.6. The summed E-state index contributed by atoms with van der Waals surface area (Å²) in [4.78, 5) is 14.6. The molecule has 0 spiro atoms. The number of rotatable bonds is 6. The number of ether oxygens (including phenoxy) is 1. The quantitative estimate of drug-likeness (QED) is 0.879. The molecular weight excluding hydrogens is 314 g/mol. The largest absolute Gasteiger partial charge is 0.493 e. The highest BCUT2D eigenvalue weighted by Crippen LogP contribution is 2.28. The number of carbonyl (C=O) groups is 1. The molecule has 3 rings (SSSR count). The Morgan fingerprint density at radius 2 is 2.12 bits per heavy atom. The summed E-state index contributed by atoms with van der Waals surface area (Å²) < 4.78 is 5.51. The highest BCUT2D eigenvalue weighted by atomic mass is 16.5. The van der Waals surface area contributed by atoms with Gasteiger partial charge in [0.2, 0.25) is 5.91 Å². The van der Waals surface area contributed by atoms with Crippen LogP contribution in [0.2, 0.25) is 0 Å². The first-order valence-corrected chi connectivity index (χ1v) is 8.44. The third kappa shape index (κ3) is 3.92. The first-order valence-electron chi connectivity index (χ1n) is 8.44. The third-order valence-electron chi connectivity index (χ3n) is 4.22. The highest BCUT2D eigenvalue weighted by Gasteiger charge is 2.22. The Morgan fingerprint density at radius 1 is 1.32 bits per heavy atom. The van der Waals surface area contributed by atoms with Gasteiger partial charge in [0.25, 0.3) is 0 Å². The summed E-state index contributed by atoms with van der Waals surface area (Å²) in [6.45, 7) is 2.93. The smallest absolute Gasteiger partial charge is 0.249 e. The lowest BCUT2D eigenvalue weighted by atomic mass is 10.1. The van der Waals surface area contributed by atoms with Gasteiger partial charge in [-0.3, -0.25) is 4.79 Å². The fourth-order valence-electron chi connectivity index (χ4n) is 2.96. The molecule has 1 amide bonds. The average Bonchev–Trinajstić information content (AvgIpc) is 3.10. The van der Waals surface area contributed by atoms with Crippen LogP contribution in [0, 0.1) is 11.3 Å². The summed E-state index contributed by atoms with van der Waals surface area (Å²) in [5, 5.41) is 12.2. The Bertz CT molecular complexity index is 783. The van der Waals surface area contributed by atoms with E-state index in [1.54, 1.807) is 4.90 Å². The molecule has 1 aliphatic heterocycles. The monoisotopic (exact) mass is 335 g/mol. The highest BCUT2D eigenvalue weighted by molar-refractivity contribution is 5.98. The molecule has 1 unspecified atom stereocenters. The SMILES string of the molecule is CC(Nc1ccc2c(c1)CCO2)C(=O)N(CCC#N)c1ccccc1. The molecule has 2 aromatic carbocycles. The van der Waals surface area contributed by atoms with Gasteiger partial charge in [-0.1, -0.05) is 18.2 Å². The molecule has 0 bridgehead atoms. The second-order valence-corrected chi connectivity index (χ2v) is 6.02. The van der Waals surface area contributed by atoms with E-state index in [0.29, 0.717) is 19.6 Å². The Balaban J connectivity index is 1.73. The number of nitriles is 1. The molecule has 0 saturated carbocycles. The van der Waals surface area contributed by atoms with Gasteiger partial charge in [0.15, 0.2) is 0 Å². The fraction of sp³-hybridized carbons (Fsp3) is 0.300. The summed E-state index contributed by atoms with van der Waals surface area (Å²) >= 11 is 0. The Labute approximate surface area is 147 Å². The third-order valence-corrected chi connectivity index (χ3v) is 4.22. The van der Waals surface area contributed by atoms with Gasteiger partial charge in [-0.05, 0) is 42.8 Å². The first kappa shape index (κ1) is 16.8. The van der Waals surface area contributed by atoms with Crippen LogP contribution in [-0.2, 0) is 11.2 Å². The van der Waals surface area contributed by atoms with Crippen LogP contribution in [-0.4, -0.2) is 25.1 Å². The van der Waals surface area contributed by atoms with Crippen molar-refractivity contribution in [1.82, 2.24) is 0 Å². The van der Waals surface area contributed by atoms with Crippen molar-refractivity contribution in [3.63, 3.8) is 0 Å². The van der Waals surface area contributed by atoms with Crippen molar-refractivity contribution in [2.45, 2.75) is 25.8 Å². The Hall–Kier alpha value is -3.00. The number of hydrogen-bond donors (Lipinski definition) is 1. The van der Waals surface area contributed by atoms with E-state index < -0.39 is 6.04 Å². The van der Waals surface area contributed by atoms with Crippen molar-refractivity contribution in [3.8, 4) is 11.8 Å². The van der Waals surface area contributed by atoms with Crippen LogP contribution in [0.5, 0.6) is 5.75 Å². The fourth-order valence-corrected chi connectivity index (χ4v) is 2.96. The van der Waals surface area contributed by atoms with E-state index >= 15 is 0 Å². The van der Waals surface area contributed by atoms with Crippen LogP contribution < -0.4 is 15.0 Å². The summed E-state index contributed by atoms with van der Waals surface area (Å²) in [6, 6.07) is 17.1. The van der Waals surface area contributed by atoms with Crippen molar-refractivity contribution >= 4 is 17.3 Å². The minimum absolute atomic E-state index is 0.0572. The van der Waals surface area contributed by atoms with Crippen LogP contribution in [0.15, 0.2) is 48.5 Å². The molecule has 0 saturated heterocycles. The van der Waals surface area contributed by atoms with Crippen LogP contribution >= 0.6 is 0 Å². The summed E-state index contributed by atoms with van der Waals surface area (Å²) in [5.74, 6) is 0.864. The van der Waals surface area contributed by atoms with E-state index in [0.717, 1.165) is 29.1 Å². The van der Waals surface area contributed by atoms with Crippen molar-refractivity contribution in [2.24, 2.45) is 0 Å². The maximum atomic E-state index is 12.9. The lowest BCUT2D eigenvalue weighted by molar-refractivity contribution is -0.119. The van der Waals surface area contributed by atoms with Gasteiger partial charge >= 0.3 is 0 Å². The van der Waals surface area contributed by atoms with E-state index in [2.05, 4.69) is 11.4 Å². The van der Waals surface area contributed by atoms with E-state index in [-0.39, 0.29) is 5.91 Å². The number of amides is 1. The number of nitrogens with zero attached hydrogens (tertiary/aromatic N) is 2. The molecule has 0 radical (unpaired) electrons. The van der Waals surface area contributed by atoms with Crippen molar-refractivity contribution in [1.29, 1.82) is 5.26 Å². The molecule has 5 heteroatoms. The number of hydrogen-bond acceptors (Lipinski definition) is 4. The number of benzene rings is 2. The predicted octanol–water partition coefficient (Wildman–Crippen LogP) is 3.37. The molecule has 25 heavy (non-hydrogen) atoms. The maximum Gasteiger partial charge on any atom is 0.249 e. The van der Waals surface area contributed by atoms with Gasteiger partial charge in [0, 0.05) is 24.3 Å². The van der Waals surface area contributed by atoms with E-state index in [4.69, 9.17) is 10.00 Å². The number of para-hydroxylation sites is 1. The van der Waals surface area contributed by atoms with Gasteiger partial charge < -0.3 is 15.0 Å². The van der Waals surface area contributed by atoms with E-state index in [1.165, 1.54) is 0 Å². The summed E-state index contributed by atoms with van der Waals surface area (Å²) in [6.07, 6.45) is 1.19. The molecule has 0 fully saturated rings. The number of carbonyl (C=O) groups excluding carboxylic acids is 1. The molecule has 1 aliphatic rings. The number of anilines is 2. The molecule has 1 heterocycles.